The molecule has 4 nitrogen and oxygen atoms in total. The number of ether oxygens (including phenoxy) is 1. The van der Waals surface area contributed by atoms with Crippen LogP contribution in [0.1, 0.15) is 45.2 Å². The van der Waals surface area contributed by atoms with Crippen LogP contribution in [-0.4, -0.2) is 22.5 Å². The number of likely N-dealkylation sites (tertiary alicyclic amines) is 1. The Morgan fingerprint density at radius 1 is 1.36 bits per heavy atom. The molecule has 2 atom stereocenters. The summed E-state index contributed by atoms with van der Waals surface area (Å²) in [6, 6.07) is 9.34. The molecule has 2 rings (SSSR count). The smallest absolute Gasteiger partial charge is 0.417 e. The normalized spacial score (nSPS) is 21.8. The molecule has 0 N–H and O–H groups in total. The molecule has 0 aliphatic carbocycles. The maximum Gasteiger partial charge on any atom is 0.417 e. The second kappa shape index (κ2) is 6.34. The Hall–Kier alpha value is -2.10. The van der Waals surface area contributed by atoms with Gasteiger partial charge in [0.15, 0.2) is 0 Å². The van der Waals surface area contributed by atoms with Crippen LogP contribution in [0.5, 0.6) is 0 Å². The highest BCUT2D eigenvalue weighted by Crippen LogP contribution is 2.38. The molecule has 0 saturated carbocycles. The van der Waals surface area contributed by atoms with E-state index < -0.39 is 11.7 Å². The van der Waals surface area contributed by atoms with Gasteiger partial charge in [0, 0.05) is 5.92 Å². The highest BCUT2D eigenvalue weighted by Gasteiger charge is 2.44. The Balaban J connectivity index is 2.30. The molecule has 0 aromatic heterocycles. The summed E-state index contributed by atoms with van der Waals surface area (Å²) in [4.78, 5) is 26.3. The summed E-state index contributed by atoms with van der Waals surface area (Å²) in [6.07, 6.45) is 2.33. The van der Waals surface area contributed by atoms with Crippen LogP contribution in [0.3, 0.4) is 0 Å². The molecular formula is C18H23NO3. The largest absolute Gasteiger partial charge is 0.443 e. The van der Waals surface area contributed by atoms with E-state index >= 15 is 0 Å². The highest BCUT2D eigenvalue weighted by molar-refractivity contribution is 5.96. The summed E-state index contributed by atoms with van der Waals surface area (Å²) in [5.74, 6) is -0.391. The first-order chi connectivity index (χ1) is 10.3. The van der Waals surface area contributed by atoms with Gasteiger partial charge < -0.3 is 4.74 Å². The molecule has 0 spiro atoms. The summed E-state index contributed by atoms with van der Waals surface area (Å²) in [5.41, 5.74) is 0.322. The first kappa shape index (κ1) is 16.3. The van der Waals surface area contributed by atoms with E-state index in [2.05, 4.69) is 6.58 Å². The number of allylic oxidation sites excluding steroid dienone is 1. The zero-order valence-corrected chi connectivity index (χ0v) is 13.4. The molecule has 1 aliphatic rings. The number of rotatable bonds is 3. The summed E-state index contributed by atoms with van der Waals surface area (Å²) < 4.78 is 5.41. The molecule has 22 heavy (non-hydrogen) atoms. The Labute approximate surface area is 131 Å². The Kier molecular flexibility index (Phi) is 4.69. The van der Waals surface area contributed by atoms with Crippen molar-refractivity contribution >= 4 is 12.0 Å². The van der Waals surface area contributed by atoms with Crippen molar-refractivity contribution in [3.05, 3.63) is 48.6 Å². The van der Waals surface area contributed by atoms with Crippen molar-refractivity contribution < 1.29 is 14.3 Å². The molecule has 1 heterocycles. The van der Waals surface area contributed by atoms with Gasteiger partial charge in [-0.05, 0) is 39.2 Å². The van der Waals surface area contributed by atoms with Crippen molar-refractivity contribution in [3.63, 3.8) is 0 Å². The average Bonchev–Trinajstić information content (AvgIpc) is 2.76. The molecular weight excluding hydrogens is 278 g/mol. The van der Waals surface area contributed by atoms with Gasteiger partial charge >= 0.3 is 6.09 Å². The number of nitrogens with zero attached hydrogens (tertiary/aromatic N) is 1. The minimum atomic E-state index is -0.630. The lowest BCUT2D eigenvalue weighted by atomic mass is 9.97. The predicted octanol–water partition coefficient (Wildman–Crippen LogP) is 4.09. The number of hydrogen-bond donors (Lipinski definition) is 0. The molecule has 2 amide bonds. The van der Waals surface area contributed by atoms with E-state index in [0.29, 0.717) is 12.8 Å². The topological polar surface area (TPSA) is 46.6 Å². The van der Waals surface area contributed by atoms with Crippen molar-refractivity contribution in [2.45, 2.75) is 45.3 Å². The molecule has 1 fully saturated rings. The lowest BCUT2D eigenvalue weighted by Gasteiger charge is -2.27. The molecule has 4 heteroatoms. The lowest BCUT2D eigenvalue weighted by Crippen LogP contribution is -2.39. The first-order valence-corrected chi connectivity index (χ1v) is 7.55. The maximum atomic E-state index is 12.6. The van der Waals surface area contributed by atoms with E-state index in [1.165, 1.54) is 4.90 Å². The maximum absolute atomic E-state index is 12.6. The molecule has 1 aromatic carbocycles. The van der Waals surface area contributed by atoms with Crippen LogP contribution in [0, 0.1) is 5.92 Å². The van der Waals surface area contributed by atoms with Gasteiger partial charge in [-0.25, -0.2) is 9.69 Å². The highest BCUT2D eigenvalue weighted by atomic mass is 16.6. The summed E-state index contributed by atoms with van der Waals surface area (Å²) in [7, 11) is 0. The van der Waals surface area contributed by atoms with Gasteiger partial charge in [0.1, 0.15) is 5.60 Å². The van der Waals surface area contributed by atoms with Gasteiger partial charge in [-0.15, -0.1) is 6.58 Å². The van der Waals surface area contributed by atoms with E-state index in [4.69, 9.17) is 4.74 Å². The summed E-state index contributed by atoms with van der Waals surface area (Å²) in [5, 5.41) is 0. The summed E-state index contributed by atoms with van der Waals surface area (Å²) >= 11 is 0. The second-order valence-electron chi connectivity index (χ2n) is 6.57. The van der Waals surface area contributed by atoms with E-state index in [0.717, 1.165) is 5.56 Å². The standard InChI is InChI=1S/C18H23NO3/c1-5-9-14-12-15(13-10-7-6-8-11-13)19(16(14)20)17(21)22-18(2,3)4/h5-8,10-11,14-15H,1,9,12H2,2-4H3/t14-,15-/m1/s1. The monoisotopic (exact) mass is 301 g/mol. The van der Waals surface area contributed by atoms with Crippen LogP contribution in [0.2, 0.25) is 0 Å². The number of imide groups is 1. The second-order valence-corrected chi connectivity index (χ2v) is 6.57. The zero-order chi connectivity index (χ0) is 16.3. The van der Waals surface area contributed by atoms with Gasteiger partial charge in [0.2, 0.25) is 5.91 Å². The molecule has 1 saturated heterocycles. The fourth-order valence-electron chi connectivity index (χ4n) is 2.71. The van der Waals surface area contributed by atoms with E-state index in [9.17, 15) is 9.59 Å². The number of carbonyl (C=O) groups is 2. The third-order valence-electron chi connectivity index (χ3n) is 3.63. The number of hydrogen-bond acceptors (Lipinski definition) is 3. The lowest BCUT2D eigenvalue weighted by molar-refractivity contribution is -0.131. The van der Waals surface area contributed by atoms with Gasteiger partial charge in [0.25, 0.3) is 0 Å². The first-order valence-electron chi connectivity index (χ1n) is 7.55. The van der Waals surface area contributed by atoms with Crippen molar-refractivity contribution in [1.29, 1.82) is 0 Å². The van der Waals surface area contributed by atoms with Crippen molar-refractivity contribution in [2.75, 3.05) is 0 Å². The van der Waals surface area contributed by atoms with Crippen LogP contribution in [-0.2, 0) is 9.53 Å². The molecule has 0 bridgehead atoms. The number of carbonyl (C=O) groups excluding carboxylic acids is 2. The Bertz CT molecular complexity index is 559. The van der Waals surface area contributed by atoms with Gasteiger partial charge in [-0.3, -0.25) is 4.79 Å². The van der Waals surface area contributed by atoms with Crippen molar-refractivity contribution in [1.82, 2.24) is 4.90 Å². The molecule has 1 aromatic rings. The Morgan fingerprint density at radius 2 is 2.00 bits per heavy atom. The van der Waals surface area contributed by atoms with E-state index in [1.807, 2.05) is 30.3 Å². The molecule has 0 radical (unpaired) electrons. The number of amides is 2. The minimum Gasteiger partial charge on any atom is -0.443 e. The zero-order valence-electron chi connectivity index (χ0n) is 13.4. The Morgan fingerprint density at radius 3 is 2.55 bits per heavy atom. The van der Waals surface area contributed by atoms with Crippen LogP contribution >= 0.6 is 0 Å². The van der Waals surface area contributed by atoms with Gasteiger partial charge in [-0.2, -0.15) is 0 Å². The van der Waals surface area contributed by atoms with Crippen molar-refractivity contribution in [3.8, 4) is 0 Å². The molecule has 1 aliphatic heterocycles. The number of benzene rings is 1. The van der Waals surface area contributed by atoms with Crippen LogP contribution in [0.25, 0.3) is 0 Å². The summed E-state index contributed by atoms with van der Waals surface area (Å²) in [6.45, 7) is 9.09. The SMILES string of the molecule is C=CC[C@@H]1C[C@H](c2ccccc2)N(C(=O)OC(C)(C)C)C1=O. The fourth-order valence-corrected chi connectivity index (χ4v) is 2.71. The van der Waals surface area contributed by atoms with Crippen molar-refractivity contribution in [2.24, 2.45) is 5.92 Å². The van der Waals surface area contributed by atoms with E-state index in [-0.39, 0.29) is 17.9 Å². The van der Waals surface area contributed by atoms with Gasteiger partial charge in [-0.1, -0.05) is 36.4 Å². The quantitative estimate of drug-likeness (QED) is 0.790. The van der Waals surface area contributed by atoms with E-state index in [1.54, 1.807) is 26.8 Å². The van der Waals surface area contributed by atoms with Crippen LogP contribution < -0.4 is 0 Å². The molecule has 118 valence electrons. The van der Waals surface area contributed by atoms with Crippen LogP contribution in [0.4, 0.5) is 4.79 Å². The third kappa shape index (κ3) is 3.56. The van der Waals surface area contributed by atoms with Crippen LogP contribution in [0.15, 0.2) is 43.0 Å². The molecule has 0 unspecified atom stereocenters. The predicted molar refractivity (Wildman–Crippen MR) is 85.2 cm³/mol. The minimum absolute atomic E-state index is 0.178. The average molecular weight is 301 g/mol. The van der Waals surface area contributed by atoms with Gasteiger partial charge in [0.05, 0.1) is 6.04 Å². The fraction of sp³-hybridized carbons (Fsp3) is 0.444. The third-order valence-corrected chi connectivity index (χ3v) is 3.63.